The van der Waals surface area contributed by atoms with Crippen LogP contribution in [-0.4, -0.2) is 19.1 Å². The summed E-state index contributed by atoms with van der Waals surface area (Å²) < 4.78 is 4.62. The smallest absolute Gasteiger partial charge is 0.235 e. The first-order valence-electron chi connectivity index (χ1n) is 20.5. The van der Waals surface area contributed by atoms with Gasteiger partial charge in [0.15, 0.2) is 0 Å². The van der Waals surface area contributed by atoms with Crippen LogP contribution >= 0.6 is 0 Å². The number of nitrogens with zero attached hydrogens (tertiary/aromatic N) is 4. The fraction of sp³-hybridized carbons (Fsp3) is 0. The van der Waals surface area contributed by atoms with Crippen molar-refractivity contribution < 1.29 is 0 Å². The molecule has 4 nitrogen and oxygen atoms in total. The summed E-state index contributed by atoms with van der Waals surface area (Å²) in [6, 6.07) is 74.4. The summed E-state index contributed by atoms with van der Waals surface area (Å²) in [6.07, 6.45) is 0. The summed E-state index contributed by atoms with van der Waals surface area (Å²) in [4.78, 5) is 10.8. The zero-order valence-electron chi connectivity index (χ0n) is 32.4. The zero-order chi connectivity index (χ0) is 39.3. The Balaban J connectivity index is 1.01. The van der Waals surface area contributed by atoms with Gasteiger partial charge in [-0.3, -0.25) is 4.57 Å². The van der Waals surface area contributed by atoms with E-state index in [-0.39, 0.29) is 0 Å². The van der Waals surface area contributed by atoms with Crippen LogP contribution in [0.15, 0.2) is 206 Å². The molecule has 0 aliphatic carbocycles. The van der Waals surface area contributed by atoms with Gasteiger partial charge in [0.1, 0.15) is 0 Å². The van der Waals surface area contributed by atoms with Gasteiger partial charge in [0.25, 0.3) is 0 Å². The van der Waals surface area contributed by atoms with E-state index in [1.165, 1.54) is 59.7 Å². The van der Waals surface area contributed by atoms with Crippen molar-refractivity contribution in [2.24, 2.45) is 0 Å². The maximum atomic E-state index is 5.49. The SMILES string of the molecule is c1ccc(-n2c3ccccc3c3ccc(-c4ccc5c(c4)c4ccccc4n5-c4nc(-c5ccc6c7ccccc7c7ccccc7c6c5)c5ccccc5n4)cc32)cc1. The van der Waals surface area contributed by atoms with E-state index in [1.807, 2.05) is 0 Å². The van der Waals surface area contributed by atoms with Crippen molar-refractivity contribution in [3.63, 3.8) is 0 Å². The molecular formula is C56H34N4. The minimum absolute atomic E-state index is 0.653. The molecule has 0 saturated carbocycles. The van der Waals surface area contributed by atoms with Gasteiger partial charge in [0, 0.05) is 38.2 Å². The van der Waals surface area contributed by atoms with Crippen molar-refractivity contribution in [1.29, 1.82) is 0 Å². The van der Waals surface area contributed by atoms with Crippen LogP contribution in [0.2, 0.25) is 0 Å². The van der Waals surface area contributed by atoms with Crippen molar-refractivity contribution >= 4 is 86.8 Å². The Bertz CT molecular complexity index is 3860. The molecule has 0 amide bonds. The quantitative estimate of drug-likeness (QED) is 0.167. The van der Waals surface area contributed by atoms with E-state index in [9.17, 15) is 0 Å². The molecule has 0 aliphatic heterocycles. The zero-order valence-corrected chi connectivity index (χ0v) is 32.4. The van der Waals surface area contributed by atoms with Crippen molar-refractivity contribution in [3.8, 4) is 34.0 Å². The molecule has 0 saturated heterocycles. The second-order valence-corrected chi connectivity index (χ2v) is 15.7. The van der Waals surface area contributed by atoms with Gasteiger partial charge in [-0.05, 0) is 98.0 Å². The van der Waals surface area contributed by atoms with Crippen LogP contribution in [0.5, 0.6) is 0 Å². The Morgan fingerprint density at radius 1 is 0.267 bits per heavy atom. The average molecular weight is 763 g/mol. The molecule has 13 aromatic rings. The highest BCUT2D eigenvalue weighted by Crippen LogP contribution is 2.41. The van der Waals surface area contributed by atoms with Crippen molar-refractivity contribution in [1.82, 2.24) is 19.1 Å². The van der Waals surface area contributed by atoms with Crippen molar-refractivity contribution in [2.45, 2.75) is 0 Å². The van der Waals surface area contributed by atoms with E-state index in [4.69, 9.17) is 9.97 Å². The normalized spacial score (nSPS) is 12.0. The third-order valence-corrected chi connectivity index (χ3v) is 12.5. The van der Waals surface area contributed by atoms with Gasteiger partial charge >= 0.3 is 0 Å². The van der Waals surface area contributed by atoms with Gasteiger partial charge in [-0.2, -0.15) is 0 Å². The van der Waals surface area contributed by atoms with E-state index < -0.39 is 0 Å². The Hall–Kier alpha value is -8.08. The molecular weight excluding hydrogens is 729 g/mol. The molecule has 13 rings (SSSR count). The first kappa shape index (κ1) is 32.9. The lowest BCUT2D eigenvalue weighted by Crippen LogP contribution is -2.03. The summed E-state index contributed by atoms with van der Waals surface area (Å²) in [5.41, 5.74) is 10.9. The maximum absolute atomic E-state index is 5.49. The number of aromatic nitrogens is 4. The third-order valence-electron chi connectivity index (χ3n) is 12.5. The van der Waals surface area contributed by atoms with Crippen LogP contribution in [0, 0.1) is 0 Å². The Kier molecular flexibility index (Phi) is 6.98. The largest absolute Gasteiger partial charge is 0.309 e. The van der Waals surface area contributed by atoms with Gasteiger partial charge < -0.3 is 4.57 Å². The molecule has 60 heavy (non-hydrogen) atoms. The Morgan fingerprint density at radius 2 is 0.733 bits per heavy atom. The van der Waals surface area contributed by atoms with Gasteiger partial charge in [-0.15, -0.1) is 0 Å². The first-order valence-corrected chi connectivity index (χ1v) is 20.5. The molecule has 4 heteroatoms. The van der Waals surface area contributed by atoms with Gasteiger partial charge in [-0.25, -0.2) is 9.97 Å². The molecule has 0 unspecified atom stereocenters. The second-order valence-electron chi connectivity index (χ2n) is 15.7. The first-order chi connectivity index (χ1) is 29.8. The monoisotopic (exact) mass is 762 g/mol. The summed E-state index contributed by atoms with van der Waals surface area (Å²) in [5.74, 6) is 0.653. The second kappa shape index (κ2) is 12.7. The number of hydrogen-bond acceptors (Lipinski definition) is 2. The minimum Gasteiger partial charge on any atom is -0.309 e. The molecule has 3 heterocycles. The number of hydrogen-bond donors (Lipinski definition) is 0. The lowest BCUT2D eigenvalue weighted by Gasteiger charge is -2.14. The summed E-state index contributed by atoms with van der Waals surface area (Å²) in [6.45, 7) is 0. The van der Waals surface area contributed by atoms with E-state index >= 15 is 0 Å². The fourth-order valence-corrected chi connectivity index (χ4v) is 9.81. The number of rotatable bonds is 4. The van der Waals surface area contributed by atoms with Crippen LogP contribution in [-0.2, 0) is 0 Å². The van der Waals surface area contributed by atoms with E-state index in [0.29, 0.717) is 5.95 Å². The standard InChI is InChI=1S/C56H34N4/c1-2-14-38(15-3-1)59-51-24-12-9-20-44(51)46-30-26-36(34-54(46)59)35-28-31-53-49(32-35)45-21-10-13-25-52(45)60(53)56-57-50-23-11-8-22-47(50)55(58-56)37-27-29-43-41-18-5-4-16-39(41)40-17-6-7-19-42(40)48(43)33-37/h1-34H. The lowest BCUT2D eigenvalue weighted by molar-refractivity contribution is 1.01. The Labute approximate surface area is 344 Å². The van der Waals surface area contributed by atoms with Gasteiger partial charge in [-0.1, -0.05) is 152 Å². The van der Waals surface area contributed by atoms with Gasteiger partial charge in [0.2, 0.25) is 5.95 Å². The number of fused-ring (bicyclic) bond motifs is 13. The fourth-order valence-electron chi connectivity index (χ4n) is 9.81. The highest BCUT2D eigenvalue weighted by Gasteiger charge is 2.20. The molecule has 278 valence electrons. The highest BCUT2D eigenvalue weighted by molar-refractivity contribution is 6.26. The molecule has 0 atom stereocenters. The molecule has 0 aliphatic rings. The van der Waals surface area contributed by atoms with E-state index in [1.54, 1.807) is 0 Å². The van der Waals surface area contributed by atoms with Crippen LogP contribution in [0.25, 0.3) is 121 Å². The van der Waals surface area contributed by atoms with Crippen LogP contribution in [0.1, 0.15) is 0 Å². The van der Waals surface area contributed by atoms with E-state index in [0.717, 1.165) is 55.2 Å². The van der Waals surface area contributed by atoms with Crippen LogP contribution < -0.4 is 0 Å². The lowest BCUT2D eigenvalue weighted by atomic mass is 9.92. The topological polar surface area (TPSA) is 35.6 Å². The summed E-state index contributed by atoms with van der Waals surface area (Å²) >= 11 is 0. The predicted octanol–water partition coefficient (Wildman–Crippen LogP) is 14.6. The van der Waals surface area contributed by atoms with E-state index in [2.05, 4.69) is 215 Å². The molecule has 10 aromatic carbocycles. The summed E-state index contributed by atoms with van der Waals surface area (Å²) in [5, 5.41) is 13.3. The van der Waals surface area contributed by atoms with Crippen molar-refractivity contribution in [2.75, 3.05) is 0 Å². The molecule has 0 bridgehead atoms. The van der Waals surface area contributed by atoms with Gasteiger partial charge in [0.05, 0.1) is 33.3 Å². The van der Waals surface area contributed by atoms with Crippen LogP contribution in [0.3, 0.4) is 0 Å². The number of para-hydroxylation sites is 4. The minimum atomic E-state index is 0.653. The molecule has 3 aromatic heterocycles. The molecule has 0 N–H and O–H groups in total. The van der Waals surface area contributed by atoms with Crippen LogP contribution in [0.4, 0.5) is 0 Å². The van der Waals surface area contributed by atoms with Crippen molar-refractivity contribution in [3.05, 3.63) is 206 Å². The average Bonchev–Trinajstić information content (AvgIpc) is 3.83. The third kappa shape index (κ3) is 4.79. The Morgan fingerprint density at radius 3 is 1.47 bits per heavy atom. The highest BCUT2D eigenvalue weighted by atomic mass is 15.2. The maximum Gasteiger partial charge on any atom is 0.235 e. The summed E-state index contributed by atoms with van der Waals surface area (Å²) in [7, 11) is 0. The molecule has 0 spiro atoms. The predicted molar refractivity (Wildman–Crippen MR) is 252 cm³/mol. The molecule has 0 fully saturated rings. The molecule has 0 radical (unpaired) electrons. The number of benzene rings is 10.